The Morgan fingerprint density at radius 3 is 2.43 bits per heavy atom. The number of halogens is 2. The zero-order valence-corrected chi connectivity index (χ0v) is 28.3. The van der Waals surface area contributed by atoms with E-state index in [2.05, 4.69) is 20.9 Å². The molecular formula is C35H28Cl2N4O4S2. The maximum atomic E-state index is 13.5. The highest BCUT2D eigenvalue weighted by atomic mass is 35.5. The van der Waals surface area contributed by atoms with Gasteiger partial charge in [-0.05, 0) is 61.5 Å². The number of rotatable bonds is 11. The number of benzene rings is 4. The van der Waals surface area contributed by atoms with Crippen LogP contribution in [0.3, 0.4) is 0 Å². The van der Waals surface area contributed by atoms with Gasteiger partial charge >= 0.3 is 0 Å². The van der Waals surface area contributed by atoms with Crippen molar-refractivity contribution in [3.8, 4) is 17.0 Å². The number of aromatic nitrogens is 1. The Hall–Kier alpha value is -4.61. The normalized spacial score (nSPS) is 11.8. The molecule has 1 aromatic heterocycles. The fraction of sp³-hybridized carbons (Fsp3) is 0.0857. The Bertz CT molecular complexity index is 1950. The Morgan fingerprint density at radius 1 is 0.894 bits per heavy atom. The molecule has 3 N–H and O–H groups in total. The minimum atomic E-state index is -0.533. The van der Waals surface area contributed by atoms with E-state index < -0.39 is 17.1 Å². The quantitative estimate of drug-likeness (QED) is 0.0939. The van der Waals surface area contributed by atoms with Crippen LogP contribution in [0, 0.1) is 0 Å². The number of carbonyl (C=O) groups is 3. The number of amides is 3. The van der Waals surface area contributed by atoms with Gasteiger partial charge in [0, 0.05) is 32.7 Å². The smallest absolute Gasteiger partial charge is 0.272 e. The van der Waals surface area contributed by atoms with Crippen LogP contribution in [-0.4, -0.2) is 35.1 Å². The first-order valence-electron chi connectivity index (χ1n) is 14.2. The molecule has 0 aliphatic rings. The molecule has 0 bridgehead atoms. The van der Waals surface area contributed by atoms with Gasteiger partial charge in [0.2, 0.25) is 5.91 Å². The van der Waals surface area contributed by atoms with Crippen LogP contribution in [0.15, 0.2) is 113 Å². The number of anilines is 2. The molecule has 1 atom stereocenters. The summed E-state index contributed by atoms with van der Waals surface area (Å²) >= 11 is 14.8. The first-order valence-corrected chi connectivity index (χ1v) is 16.7. The number of hydrogen-bond acceptors (Lipinski definition) is 7. The van der Waals surface area contributed by atoms with Crippen molar-refractivity contribution in [3.05, 3.63) is 129 Å². The zero-order valence-electron chi connectivity index (χ0n) is 25.1. The number of methoxy groups -OCH3 is 1. The summed E-state index contributed by atoms with van der Waals surface area (Å²) in [6.45, 7) is 1.78. The topological polar surface area (TPSA) is 109 Å². The van der Waals surface area contributed by atoms with E-state index in [1.165, 1.54) is 30.2 Å². The number of ether oxygens (including phenoxy) is 1. The number of nitrogens with zero attached hydrogens (tertiary/aromatic N) is 1. The van der Waals surface area contributed by atoms with E-state index in [0.717, 1.165) is 10.5 Å². The molecular weight excluding hydrogens is 675 g/mol. The molecule has 0 saturated heterocycles. The fourth-order valence-electron chi connectivity index (χ4n) is 4.31. The third-order valence-electron chi connectivity index (χ3n) is 6.69. The molecule has 1 unspecified atom stereocenters. The van der Waals surface area contributed by atoms with Gasteiger partial charge in [-0.3, -0.25) is 14.4 Å². The molecule has 0 radical (unpaired) electrons. The second-order valence-corrected chi connectivity index (χ2v) is 13.1. The van der Waals surface area contributed by atoms with Crippen LogP contribution in [0.5, 0.6) is 5.75 Å². The molecule has 0 spiro atoms. The van der Waals surface area contributed by atoms with Gasteiger partial charge in [-0.15, -0.1) is 23.1 Å². The molecule has 238 valence electrons. The van der Waals surface area contributed by atoms with E-state index in [4.69, 9.17) is 27.9 Å². The van der Waals surface area contributed by atoms with E-state index in [1.54, 1.807) is 85.8 Å². The standard InChI is InChI=1S/C35H28Cl2N4O4S2/c1-21(32(42)41-35-40-30(20-46-35)23-15-16-27(36)28(37)17-23)47-26-13-8-12-25(19-26)38-34(44)29(18-24-11-6-7-14-31(24)45-2)39-33(43)22-9-4-3-5-10-22/h3-21H,1-2H3,(H,38,44)(H,39,43)(H,40,41,42)/b29-18+. The van der Waals surface area contributed by atoms with E-state index in [-0.39, 0.29) is 11.6 Å². The highest BCUT2D eigenvalue weighted by molar-refractivity contribution is 8.00. The Kier molecular flexibility index (Phi) is 11.3. The molecule has 47 heavy (non-hydrogen) atoms. The molecule has 1 heterocycles. The van der Waals surface area contributed by atoms with Gasteiger partial charge in [0.25, 0.3) is 11.8 Å². The summed E-state index contributed by atoms with van der Waals surface area (Å²) < 4.78 is 5.44. The van der Waals surface area contributed by atoms with Crippen molar-refractivity contribution in [3.63, 3.8) is 0 Å². The van der Waals surface area contributed by atoms with Crippen LogP contribution in [0.4, 0.5) is 10.8 Å². The second kappa shape index (κ2) is 15.8. The van der Waals surface area contributed by atoms with Gasteiger partial charge < -0.3 is 20.7 Å². The summed E-state index contributed by atoms with van der Waals surface area (Å²) in [5.41, 5.74) is 2.99. The molecule has 0 fully saturated rings. The summed E-state index contributed by atoms with van der Waals surface area (Å²) in [4.78, 5) is 44.8. The van der Waals surface area contributed by atoms with Crippen molar-refractivity contribution < 1.29 is 19.1 Å². The minimum absolute atomic E-state index is 0.0258. The SMILES string of the molecule is COc1ccccc1/C=C(/NC(=O)c1ccccc1)C(=O)Nc1cccc(SC(C)C(=O)Nc2nc(-c3ccc(Cl)c(Cl)c3)cs2)c1. The molecule has 4 aromatic carbocycles. The average molecular weight is 704 g/mol. The van der Waals surface area contributed by atoms with E-state index in [9.17, 15) is 14.4 Å². The van der Waals surface area contributed by atoms with E-state index in [0.29, 0.717) is 43.4 Å². The van der Waals surface area contributed by atoms with Gasteiger partial charge in [-0.2, -0.15) is 0 Å². The van der Waals surface area contributed by atoms with Crippen LogP contribution in [0.25, 0.3) is 17.3 Å². The number of thioether (sulfide) groups is 1. The maximum absolute atomic E-state index is 13.5. The van der Waals surface area contributed by atoms with Crippen LogP contribution in [0.2, 0.25) is 10.0 Å². The summed E-state index contributed by atoms with van der Waals surface area (Å²) in [5.74, 6) is -0.657. The highest BCUT2D eigenvalue weighted by Gasteiger charge is 2.19. The zero-order chi connectivity index (χ0) is 33.3. The van der Waals surface area contributed by atoms with Gasteiger partial charge in [-0.25, -0.2) is 4.98 Å². The van der Waals surface area contributed by atoms with Crippen LogP contribution < -0.4 is 20.7 Å². The summed E-state index contributed by atoms with van der Waals surface area (Å²) in [5, 5.41) is 11.1. The predicted molar refractivity (Wildman–Crippen MR) is 191 cm³/mol. The number of nitrogens with one attached hydrogen (secondary N) is 3. The van der Waals surface area contributed by atoms with Crippen molar-refractivity contribution in [2.45, 2.75) is 17.1 Å². The Morgan fingerprint density at radius 2 is 1.66 bits per heavy atom. The molecule has 5 rings (SSSR count). The minimum Gasteiger partial charge on any atom is -0.496 e. The first kappa shape index (κ1) is 33.7. The molecule has 3 amide bonds. The lowest BCUT2D eigenvalue weighted by Crippen LogP contribution is -2.30. The number of para-hydroxylation sites is 1. The van der Waals surface area contributed by atoms with Crippen LogP contribution in [-0.2, 0) is 9.59 Å². The van der Waals surface area contributed by atoms with Gasteiger partial charge in [0.05, 0.1) is 28.1 Å². The molecule has 12 heteroatoms. The average Bonchev–Trinajstić information content (AvgIpc) is 3.54. The van der Waals surface area contributed by atoms with Crippen LogP contribution in [0.1, 0.15) is 22.8 Å². The lowest BCUT2D eigenvalue weighted by Gasteiger charge is -2.14. The first-order chi connectivity index (χ1) is 22.7. The third-order valence-corrected chi connectivity index (χ3v) is 9.28. The molecule has 5 aromatic rings. The van der Waals surface area contributed by atoms with Crippen molar-refractivity contribution >= 4 is 80.9 Å². The van der Waals surface area contributed by atoms with Crippen molar-refractivity contribution in [1.29, 1.82) is 0 Å². The van der Waals surface area contributed by atoms with Crippen molar-refractivity contribution in [2.75, 3.05) is 17.7 Å². The summed E-state index contributed by atoms with van der Waals surface area (Å²) in [7, 11) is 1.53. The third kappa shape index (κ3) is 9.02. The van der Waals surface area contributed by atoms with E-state index >= 15 is 0 Å². The Labute approximate surface area is 290 Å². The van der Waals surface area contributed by atoms with Crippen molar-refractivity contribution in [1.82, 2.24) is 10.3 Å². The lowest BCUT2D eigenvalue weighted by atomic mass is 10.1. The van der Waals surface area contributed by atoms with Gasteiger partial charge in [-0.1, -0.05) is 71.7 Å². The summed E-state index contributed by atoms with van der Waals surface area (Å²) in [6, 6.07) is 28.1. The van der Waals surface area contributed by atoms with Gasteiger partial charge in [0.1, 0.15) is 11.4 Å². The summed E-state index contributed by atoms with van der Waals surface area (Å²) in [6.07, 6.45) is 1.56. The lowest BCUT2D eigenvalue weighted by molar-refractivity contribution is -0.115. The highest BCUT2D eigenvalue weighted by Crippen LogP contribution is 2.32. The molecule has 8 nitrogen and oxygen atoms in total. The number of hydrogen-bond donors (Lipinski definition) is 3. The monoisotopic (exact) mass is 702 g/mol. The number of carbonyl (C=O) groups excluding carboxylic acids is 3. The second-order valence-electron chi connectivity index (χ2n) is 10.0. The maximum Gasteiger partial charge on any atom is 0.272 e. The predicted octanol–water partition coefficient (Wildman–Crippen LogP) is 8.65. The van der Waals surface area contributed by atoms with Crippen LogP contribution >= 0.6 is 46.3 Å². The molecule has 0 saturated carbocycles. The Balaban J connectivity index is 1.27. The fourth-order valence-corrected chi connectivity index (χ4v) is 6.26. The largest absolute Gasteiger partial charge is 0.496 e. The van der Waals surface area contributed by atoms with Gasteiger partial charge in [0.15, 0.2) is 5.13 Å². The number of thiazole rings is 1. The molecule has 0 aliphatic carbocycles. The van der Waals surface area contributed by atoms with E-state index in [1.807, 2.05) is 29.6 Å². The van der Waals surface area contributed by atoms with Crippen molar-refractivity contribution in [2.24, 2.45) is 0 Å². The molecule has 0 aliphatic heterocycles.